The van der Waals surface area contributed by atoms with Gasteiger partial charge >= 0.3 is 0 Å². The molecule has 0 aromatic heterocycles. The van der Waals surface area contributed by atoms with E-state index >= 15 is 0 Å². The third-order valence-electron chi connectivity index (χ3n) is 6.19. The van der Waals surface area contributed by atoms with Crippen LogP contribution in [0.5, 0.6) is 0 Å². The molecule has 0 aliphatic heterocycles. The molecule has 1 N–H and O–H groups in total. The van der Waals surface area contributed by atoms with Gasteiger partial charge in [-0.2, -0.15) is 0 Å². The van der Waals surface area contributed by atoms with Crippen LogP contribution in [0.2, 0.25) is 0 Å². The average molecular weight is 555 g/mol. The zero-order valence-electron chi connectivity index (χ0n) is 20.6. The van der Waals surface area contributed by atoms with Gasteiger partial charge in [-0.05, 0) is 72.1 Å². The summed E-state index contributed by atoms with van der Waals surface area (Å²) in [4.78, 5) is 2.86. The van der Waals surface area contributed by atoms with E-state index in [1.807, 2.05) is 6.07 Å². The fourth-order valence-electron chi connectivity index (χ4n) is 4.18. The first-order chi connectivity index (χ1) is 15.8. The van der Waals surface area contributed by atoms with Crippen LogP contribution in [-0.2, 0) is 6.42 Å². The van der Waals surface area contributed by atoms with E-state index in [2.05, 4.69) is 57.0 Å². The smallest absolute Gasteiger partial charge is 0.0509 e. The highest BCUT2D eigenvalue weighted by Crippen LogP contribution is 2.23. The number of hydrogen-bond donors (Lipinski definition) is 1. The molecule has 0 heterocycles. The van der Waals surface area contributed by atoms with E-state index in [0.717, 1.165) is 35.2 Å². The molecule has 0 saturated carbocycles. The first-order valence-electron chi connectivity index (χ1n) is 13.3. The molecule has 0 fully saturated rings. The summed E-state index contributed by atoms with van der Waals surface area (Å²) >= 11 is 2.24. The summed E-state index contributed by atoms with van der Waals surface area (Å²) < 4.78 is 1.03. The van der Waals surface area contributed by atoms with Crippen molar-refractivity contribution in [2.75, 3.05) is 13.1 Å². The molecule has 0 bridgehead atoms. The van der Waals surface area contributed by atoms with E-state index in [0.29, 0.717) is 0 Å². The van der Waals surface area contributed by atoms with Crippen LogP contribution in [0.25, 0.3) is 10.4 Å². The van der Waals surface area contributed by atoms with Gasteiger partial charge in [0.05, 0.1) is 5.69 Å². The molecule has 0 radical (unpaired) electrons. The summed E-state index contributed by atoms with van der Waals surface area (Å²) in [7, 11) is 0. The molecule has 1 aromatic rings. The van der Waals surface area contributed by atoms with Gasteiger partial charge in [-0.3, -0.25) is 0 Å². The number of nitrogens with zero attached hydrogens (tertiary/aromatic N) is 3. The average Bonchev–Trinajstić information content (AvgIpc) is 2.79. The number of nitrogens with one attached hydrogen (secondary N) is 1. The van der Waals surface area contributed by atoms with Crippen molar-refractivity contribution >= 4 is 28.3 Å². The van der Waals surface area contributed by atoms with Crippen molar-refractivity contribution in [3.63, 3.8) is 0 Å². The highest BCUT2D eigenvalue weighted by molar-refractivity contribution is 14.1. The molecule has 0 unspecified atom stereocenters. The van der Waals surface area contributed by atoms with Gasteiger partial charge < -0.3 is 5.32 Å². The molecular weight excluding hydrogens is 507 g/mol. The molecular formula is C27H47IN4. The van der Waals surface area contributed by atoms with Crippen molar-refractivity contribution in [1.29, 1.82) is 0 Å². The Morgan fingerprint density at radius 1 is 0.750 bits per heavy atom. The lowest BCUT2D eigenvalue weighted by Crippen LogP contribution is -2.17. The Morgan fingerprint density at radius 2 is 1.25 bits per heavy atom. The van der Waals surface area contributed by atoms with Crippen molar-refractivity contribution < 1.29 is 0 Å². The molecule has 32 heavy (non-hydrogen) atoms. The van der Waals surface area contributed by atoms with Crippen LogP contribution >= 0.6 is 22.6 Å². The molecule has 0 saturated heterocycles. The fraction of sp³-hybridized carbons (Fsp3) is 0.778. The minimum absolute atomic E-state index is 0.721. The zero-order valence-corrected chi connectivity index (χ0v) is 22.8. The Hall–Kier alpha value is -0.780. The number of halogens is 1. The minimum atomic E-state index is 0.721. The molecule has 0 aliphatic rings. The van der Waals surface area contributed by atoms with Gasteiger partial charge in [-0.25, -0.2) is 0 Å². The topological polar surface area (TPSA) is 60.8 Å². The van der Waals surface area contributed by atoms with Crippen molar-refractivity contribution in [2.24, 2.45) is 5.11 Å². The Morgan fingerprint density at radius 3 is 1.75 bits per heavy atom. The standard InChI is InChI=1S/C27H47IN4/c1-2-3-4-5-6-7-8-9-10-11-12-13-14-15-16-17-22-30-23-18-19-25-20-21-27(31-32-29)26(28)24-25/h20-21,24,30H,2-19,22-23H2,1H3. The van der Waals surface area contributed by atoms with Crippen molar-refractivity contribution in [3.05, 3.63) is 37.8 Å². The SMILES string of the molecule is CCCCCCCCCCCCCCCCCCNCCCc1ccc(N=[N+]=[N-])c(I)c1. The Labute approximate surface area is 211 Å². The van der Waals surface area contributed by atoms with Crippen LogP contribution in [0.3, 0.4) is 0 Å². The van der Waals surface area contributed by atoms with Crippen LogP contribution in [-0.4, -0.2) is 13.1 Å². The number of aryl methyl sites for hydroxylation is 1. The van der Waals surface area contributed by atoms with E-state index < -0.39 is 0 Å². The summed E-state index contributed by atoms with van der Waals surface area (Å²) in [6.45, 7) is 4.51. The monoisotopic (exact) mass is 554 g/mol. The molecule has 5 heteroatoms. The summed E-state index contributed by atoms with van der Waals surface area (Å²) in [6, 6.07) is 6.11. The maximum Gasteiger partial charge on any atom is 0.0509 e. The predicted molar refractivity (Wildman–Crippen MR) is 149 cm³/mol. The minimum Gasteiger partial charge on any atom is -0.317 e. The van der Waals surface area contributed by atoms with Gasteiger partial charge in [0.2, 0.25) is 0 Å². The van der Waals surface area contributed by atoms with Gasteiger partial charge in [0.15, 0.2) is 0 Å². The van der Waals surface area contributed by atoms with Gasteiger partial charge in [-0.1, -0.05) is 120 Å². The van der Waals surface area contributed by atoms with Gasteiger partial charge in [0.1, 0.15) is 0 Å². The molecule has 1 rings (SSSR count). The lowest BCUT2D eigenvalue weighted by atomic mass is 10.0. The van der Waals surface area contributed by atoms with Crippen LogP contribution in [0.1, 0.15) is 122 Å². The molecule has 1 aromatic carbocycles. The van der Waals surface area contributed by atoms with Crippen LogP contribution < -0.4 is 5.32 Å². The lowest BCUT2D eigenvalue weighted by Gasteiger charge is -2.07. The highest BCUT2D eigenvalue weighted by Gasteiger charge is 2.00. The van der Waals surface area contributed by atoms with E-state index in [1.54, 1.807) is 0 Å². The Balaban J connectivity index is 1.79. The predicted octanol–water partition coefficient (Wildman–Crippen LogP) is 10.0. The maximum atomic E-state index is 8.54. The third kappa shape index (κ3) is 16.8. The second kappa shape index (κ2) is 22.0. The first kappa shape index (κ1) is 29.3. The van der Waals surface area contributed by atoms with Crippen molar-refractivity contribution in [3.8, 4) is 0 Å². The maximum absolute atomic E-state index is 8.54. The lowest BCUT2D eigenvalue weighted by molar-refractivity contribution is 0.524. The van der Waals surface area contributed by atoms with E-state index in [1.165, 1.54) is 108 Å². The highest BCUT2D eigenvalue weighted by atomic mass is 127. The van der Waals surface area contributed by atoms with Crippen molar-refractivity contribution in [2.45, 2.75) is 122 Å². The second-order valence-corrected chi connectivity index (χ2v) is 10.3. The quantitative estimate of drug-likeness (QED) is 0.0501. The number of hydrogen-bond acceptors (Lipinski definition) is 2. The summed E-state index contributed by atoms with van der Waals surface area (Å²) in [5.74, 6) is 0. The van der Waals surface area contributed by atoms with E-state index in [4.69, 9.17) is 5.53 Å². The van der Waals surface area contributed by atoms with E-state index in [9.17, 15) is 0 Å². The van der Waals surface area contributed by atoms with Gasteiger partial charge in [-0.15, -0.1) is 0 Å². The van der Waals surface area contributed by atoms with Gasteiger partial charge in [0, 0.05) is 8.48 Å². The molecule has 182 valence electrons. The van der Waals surface area contributed by atoms with Gasteiger partial charge in [0.25, 0.3) is 0 Å². The Kier molecular flexibility index (Phi) is 20.1. The number of rotatable bonds is 22. The number of benzene rings is 1. The number of unbranched alkanes of at least 4 members (excludes halogenated alkanes) is 15. The molecule has 0 amide bonds. The van der Waals surface area contributed by atoms with E-state index in [-0.39, 0.29) is 0 Å². The first-order valence-corrected chi connectivity index (χ1v) is 14.4. The molecule has 0 atom stereocenters. The molecule has 4 nitrogen and oxygen atoms in total. The Bertz CT molecular complexity index is 614. The fourth-order valence-corrected chi connectivity index (χ4v) is 4.86. The largest absolute Gasteiger partial charge is 0.317 e. The summed E-state index contributed by atoms with van der Waals surface area (Å²) in [6.07, 6.45) is 25.0. The second-order valence-electron chi connectivity index (χ2n) is 9.13. The van der Waals surface area contributed by atoms with Crippen LogP contribution in [0.15, 0.2) is 23.3 Å². The summed E-state index contributed by atoms with van der Waals surface area (Å²) in [5, 5.41) is 7.28. The third-order valence-corrected chi connectivity index (χ3v) is 7.05. The van der Waals surface area contributed by atoms with Crippen LogP contribution in [0, 0.1) is 3.57 Å². The normalized spacial score (nSPS) is 10.9. The van der Waals surface area contributed by atoms with Crippen LogP contribution in [0.4, 0.5) is 5.69 Å². The zero-order chi connectivity index (χ0) is 23.1. The number of azide groups is 1. The van der Waals surface area contributed by atoms with Crippen molar-refractivity contribution in [1.82, 2.24) is 5.32 Å². The molecule has 0 aliphatic carbocycles. The summed E-state index contributed by atoms with van der Waals surface area (Å²) in [5.41, 5.74) is 10.6. The molecule has 0 spiro atoms.